The number of ether oxygens (including phenoxy) is 1. The van der Waals surface area contributed by atoms with Gasteiger partial charge < -0.3 is 9.84 Å². The maximum Gasteiger partial charge on any atom is 0.213 e. The van der Waals surface area contributed by atoms with Crippen molar-refractivity contribution >= 4 is 0 Å². The third-order valence-corrected chi connectivity index (χ3v) is 3.97. The molecule has 2 atom stereocenters. The van der Waals surface area contributed by atoms with E-state index in [2.05, 4.69) is 25.8 Å². The van der Waals surface area contributed by atoms with Gasteiger partial charge in [0.1, 0.15) is 6.10 Å². The van der Waals surface area contributed by atoms with Crippen LogP contribution in [0.5, 0.6) is 5.88 Å². The Bertz CT molecular complexity index is 442. The van der Waals surface area contributed by atoms with Crippen LogP contribution in [-0.4, -0.2) is 16.2 Å². The molecule has 1 heterocycles. The molecule has 2 unspecified atom stereocenters. The van der Waals surface area contributed by atoms with Crippen LogP contribution >= 0.6 is 0 Å². The maximum atomic E-state index is 9.15. The van der Waals surface area contributed by atoms with Crippen molar-refractivity contribution in [2.45, 2.75) is 59.7 Å². The van der Waals surface area contributed by atoms with Gasteiger partial charge in [0.05, 0.1) is 6.61 Å². The first-order valence-electron chi connectivity index (χ1n) is 7.13. The van der Waals surface area contributed by atoms with E-state index in [1.165, 1.54) is 6.42 Å². The first kappa shape index (κ1) is 14.3. The summed E-state index contributed by atoms with van der Waals surface area (Å²) in [5.74, 6) is 1.39. The molecule has 1 fully saturated rings. The first-order chi connectivity index (χ1) is 8.89. The summed E-state index contributed by atoms with van der Waals surface area (Å²) in [5.41, 5.74) is 2.07. The van der Waals surface area contributed by atoms with Crippen molar-refractivity contribution in [3.8, 4) is 5.88 Å². The summed E-state index contributed by atoms with van der Waals surface area (Å²) in [6, 6.07) is 3.76. The Labute approximate surface area is 116 Å². The molecule has 0 aromatic carbocycles. The van der Waals surface area contributed by atoms with Gasteiger partial charge in [0.2, 0.25) is 5.88 Å². The lowest BCUT2D eigenvalue weighted by Crippen LogP contribution is -2.34. The predicted molar refractivity (Wildman–Crippen MR) is 76.1 cm³/mol. The molecule has 1 aromatic heterocycles. The van der Waals surface area contributed by atoms with E-state index in [1.807, 2.05) is 19.1 Å². The molecule has 19 heavy (non-hydrogen) atoms. The fraction of sp³-hybridized carbons (Fsp3) is 0.688. The van der Waals surface area contributed by atoms with E-state index in [0.717, 1.165) is 24.1 Å². The van der Waals surface area contributed by atoms with Gasteiger partial charge in [-0.05, 0) is 49.1 Å². The zero-order valence-electron chi connectivity index (χ0n) is 12.4. The third-order valence-electron chi connectivity index (χ3n) is 3.97. The van der Waals surface area contributed by atoms with Crippen LogP contribution in [0.3, 0.4) is 0 Å². The number of aryl methyl sites for hydroxylation is 1. The van der Waals surface area contributed by atoms with Crippen molar-refractivity contribution in [2.24, 2.45) is 11.3 Å². The van der Waals surface area contributed by atoms with E-state index < -0.39 is 0 Å². The zero-order chi connectivity index (χ0) is 14.0. The van der Waals surface area contributed by atoms with Gasteiger partial charge in [-0.1, -0.05) is 20.8 Å². The second kappa shape index (κ2) is 5.49. The van der Waals surface area contributed by atoms with Crippen LogP contribution < -0.4 is 4.74 Å². The molecule has 106 valence electrons. The van der Waals surface area contributed by atoms with Gasteiger partial charge in [-0.2, -0.15) is 0 Å². The summed E-state index contributed by atoms with van der Waals surface area (Å²) in [5, 5.41) is 9.15. The quantitative estimate of drug-likeness (QED) is 0.908. The van der Waals surface area contributed by atoms with E-state index in [4.69, 9.17) is 9.84 Å². The Morgan fingerprint density at radius 3 is 2.68 bits per heavy atom. The highest BCUT2D eigenvalue weighted by atomic mass is 16.5. The van der Waals surface area contributed by atoms with E-state index >= 15 is 0 Å². The van der Waals surface area contributed by atoms with Crippen LogP contribution in [0.25, 0.3) is 0 Å². The van der Waals surface area contributed by atoms with E-state index in [-0.39, 0.29) is 12.7 Å². The number of aliphatic hydroxyl groups is 1. The smallest absolute Gasteiger partial charge is 0.213 e. The van der Waals surface area contributed by atoms with Gasteiger partial charge in [-0.3, -0.25) is 0 Å². The Balaban J connectivity index is 2.06. The van der Waals surface area contributed by atoms with Crippen molar-refractivity contribution in [3.05, 3.63) is 23.4 Å². The van der Waals surface area contributed by atoms with Crippen molar-refractivity contribution in [2.75, 3.05) is 0 Å². The Morgan fingerprint density at radius 2 is 2.11 bits per heavy atom. The molecule has 0 saturated heterocycles. The summed E-state index contributed by atoms with van der Waals surface area (Å²) in [4.78, 5) is 4.43. The summed E-state index contributed by atoms with van der Waals surface area (Å²) < 4.78 is 6.05. The van der Waals surface area contributed by atoms with Crippen LogP contribution in [0.1, 0.15) is 51.3 Å². The van der Waals surface area contributed by atoms with Gasteiger partial charge in [0, 0.05) is 11.8 Å². The molecule has 2 rings (SSSR count). The van der Waals surface area contributed by atoms with Crippen LogP contribution in [0.2, 0.25) is 0 Å². The van der Waals surface area contributed by atoms with E-state index in [0.29, 0.717) is 17.2 Å². The number of aliphatic hydroxyl groups excluding tert-OH is 1. The molecule has 1 saturated carbocycles. The Kier molecular flexibility index (Phi) is 4.14. The Hall–Kier alpha value is -1.09. The second-order valence-corrected chi connectivity index (χ2v) is 6.71. The molecule has 0 spiro atoms. The molecule has 3 heteroatoms. The van der Waals surface area contributed by atoms with Crippen molar-refractivity contribution in [1.82, 2.24) is 4.98 Å². The lowest BCUT2D eigenvalue weighted by atomic mass is 9.71. The standard InChI is InChI=1S/C16H25NO2/c1-11-7-14(9-16(3,4)8-11)19-15-6-5-13(10-18)12(2)17-15/h5-6,11,14,18H,7-10H2,1-4H3. The van der Waals surface area contributed by atoms with Gasteiger partial charge >= 0.3 is 0 Å². The van der Waals surface area contributed by atoms with E-state index in [9.17, 15) is 0 Å². The minimum Gasteiger partial charge on any atom is -0.474 e. The number of rotatable bonds is 3. The van der Waals surface area contributed by atoms with Gasteiger partial charge in [0.25, 0.3) is 0 Å². The van der Waals surface area contributed by atoms with Crippen LogP contribution in [0.4, 0.5) is 0 Å². The average Bonchev–Trinajstić information content (AvgIpc) is 2.26. The zero-order valence-corrected chi connectivity index (χ0v) is 12.4. The summed E-state index contributed by atoms with van der Waals surface area (Å²) >= 11 is 0. The molecule has 0 radical (unpaired) electrons. The molecule has 1 aliphatic carbocycles. The number of pyridine rings is 1. The highest BCUT2D eigenvalue weighted by molar-refractivity contribution is 5.24. The SMILES string of the molecule is Cc1nc(OC2CC(C)CC(C)(C)C2)ccc1CO. The predicted octanol–water partition coefficient (Wildman–Crippen LogP) is 3.48. The molecular weight excluding hydrogens is 238 g/mol. The number of hydrogen-bond donors (Lipinski definition) is 1. The summed E-state index contributed by atoms with van der Waals surface area (Å²) in [6.07, 6.45) is 3.71. The minimum absolute atomic E-state index is 0.0343. The van der Waals surface area contributed by atoms with Crippen LogP contribution in [0, 0.1) is 18.3 Å². The lowest BCUT2D eigenvalue weighted by molar-refractivity contribution is 0.0531. The highest BCUT2D eigenvalue weighted by Gasteiger charge is 2.33. The number of hydrogen-bond acceptors (Lipinski definition) is 3. The largest absolute Gasteiger partial charge is 0.474 e. The number of nitrogens with zero attached hydrogens (tertiary/aromatic N) is 1. The van der Waals surface area contributed by atoms with Crippen LogP contribution in [0.15, 0.2) is 12.1 Å². The minimum atomic E-state index is 0.0343. The van der Waals surface area contributed by atoms with Gasteiger partial charge in [0.15, 0.2) is 0 Å². The molecule has 1 N–H and O–H groups in total. The van der Waals surface area contributed by atoms with Crippen molar-refractivity contribution in [1.29, 1.82) is 0 Å². The molecule has 0 bridgehead atoms. The lowest BCUT2D eigenvalue weighted by Gasteiger charge is -2.38. The van der Waals surface area contributed by atoms with Crippen molar-refractivity contribution < 1.29 is 9.84 Å². The highest BCUT2D eigenvalue weighted by Crippen LogP contribution is 2.39. The molecule has 1 aromatic rings. The van der Waals surface area contributed by atoms with Crippen LogP contribution in [-0.2, 0) is 6.61 Å². The first-order valence-corrected chi connectivity index (χ1v) is 7.13. The fourth-order valence-corrected chi connectivity index (χ4v) is 3.32. The average molecular weight is 263 g/mol. The molecule has 0 amide bonds. The summed E-state index contributed by atoms with van der Waals surface area (Å²) in [7, 11) is 0. The second-order valence-electron chi connectivity index (χ2n) is 6.71. The normalized spacial score (nSPS) is 26.2. The molecular formula is C16H25NO2. The summed E-state index contributed by atoms with van der Waals surface area (Å²) in [6.45, 7) is 8.86. The Morgan fingerprint density at radius 1 is 1.37 bits per heavy atom. The third kappa shape index (κ3) is 3.69. The molecule has 3 nitrogen and oxygen atoms in total. The molecule has 1 aliphatic rings. The van der Waals surface area contributed by atoms with Crippen molar-refractivity contribution in [3.63, 3.8) is 0 Å². The van der Waals surface area contributed by atoms with Gasteiger partial charge in [-0.15, -0.1) is 0 Å². The number of aromatic nitrogens is 1. The van der Waals surface area contributed by atoms with Gasteiger partial charge in [-0.25, -0.2) is 4.98 Å². The van der Waals surface area contributed by atoms with E-state index in [1.54, 1.807) is 0 Å². The molecule has 0 aliphatic heterocycles. The topological polar surface area (TPSA) is 42.4 Å². The maximum absolute atomic E-state index is 9.15. The monoisotopic (exact) mass is 263 g/mol. The fourth-order valence-electron chi connectivity index (χ4n) is 3.32.